The summed E-state index contributed by atoms with van der Waals surface area (Å²) in [6.07, 6.45) is 0. The molecule has 2 aromatic carbocycles. The number of anilines is 1. The molecule has 0 saturated carbocycles. The van der Waals surface area contributed by atoms with Gasteiger partial charge < -0.3 is 24.7 Å². The van der Waals surface area contributed by atoms with Gasteiger partial charge in [-0.2, -0.15) is 0 Å². The van der Waals surface area contributed by atoms with Gasteiger partial charge in [0.1, 0.15) is 36.1 Å². The van der Waals surface area contributed by atoms with Gasteiger partial charge in [-0.15, -0.1) is 10.2 Å². The topological polar surface area (TPSA) is 87.7 Å². The minimum Gasteiger partial charge on any atom is -0.489 e. The van der Waals surface area contributed by atoms with E-state index in [1.54, 1.807) is 18.2 Å². The third-order valence-corrected chi connectivity index (χ3v) is 3.46. The number of fused-ring (bicyclic) bond motifs is 2. The van der Waals surface area contributed by atoms with Crippen molar-refractivity contribution in [3.63, 3.8) is 0 Å². The minimum absolute atomic E-state index is 0.395. The van der Waals surface area contributed by atoms with Gasteiger partial charge in [0.15, 0.2) is 0 Å². The van der Waals surface area contributed by atoms with Crippen LogP contribution in [0.1, 0.15) is 0 Å². The Morgan fingerprint density at radius 1 is 0.680 bits per heavy atom. The van der Waals surface area contributed by atoms with Gasteiger partial charge in [0, 0.05) is 11.8 Å². The Balaban J connectivity index is 1.85. The van der Waals surface area contributed by atoms with Crippen molar-refractivity contribution in [1.29, 1.82) is 0 Å². The zero-order valence-electron chi connectivity index (χ0n) is 13.9. The Labute approximate surface area is 146 Å². The van der Waals surface area contributed by atoms with Crippen LogP contribution in [-0.2, 0) is 9.47 Å². The fraction of sp³-hybridized carbons (Fsp3) is 0.333. The molecule has 0 unspecified atom stereocenters. The van der Waals surface area contributed by atoms with Gasteiger partial charge in [0.25, 0.3) is 0 Å². The van der Waals surface area contributed by atoms with Crippen molar-refractivity contribution in [3.05, 3.63) is 42.5 Å². The van der Waals surface area contributed by atoms with Crippen molar-refractivity contribution in [3.8, 4) is 11.5 Å². The second-order valence-corrected chi connectivity index (χ2v) is 5.32. The molecular weight excluding hydrogens is 322 g/mol. The van der Waals surface area contributed by atoms with Crippen LogP contribution in [0.4, 0.5) is 17.1 Å². The molecule has 2 N–H and O–H groups in total. The van der Waals surface area contributed by atoms with E-state index in [-0.39, 0.29) is 0 Å². The van der Waals surface area contributed by atoms with Crippen LogP contribution in [0.3, 0.4) is 0 Å². The summed E-state index contributed by atoms with van der Waals surface area (Å²) in [5.74, 6) is 1.21. The molecule has 132 valence electrons. The maximum atomic E-state index is 5.84. The van der Waals surface area contributed by atoms with Crippen molar-refractivity contribution >= 4 is 17.1 Å². The van der Waals surface area contributed by atoms with E-state index in [4.69, 9.17) is 24.7 Å². The van der Waals surface area contributed by atoms with E-state index in [0.29, 0.717) is 68.2 Å². The first-order valence-corrected chi connectivity index (χ1v) is 8.14. The highest BCUT2D eigenvalue weighted by Crippen LogP contribution is 2.33. The maximum Gasteiger partial charge on any atom is 0.148 e. The number of para-hydroxylation sites is 1. The smallest absolute Gasteiger partial charge is 0.148 e. The Kier molecular flexibility index (Phi) is 6.19. The summed E-state index contributed by atoms with van der Waals surface area (Å²) in [6.45, 7) is 2.77. The number of benzene rings is 2. The molecule has 0 aromatic heterocycles. The molecular formula is C18H21N3O4. The number of hydrogen-bond donors (Lipinski definition) is 1. The molecule has 7 heteroatoms. The fourth-order valence-corrected chi connectivity index (χ4v) is 2.24. The number of nitrogens with zero attached hydrogens (tertiary/aromatic N) is 2. The summed E-state index contributed by atoms with van der Waals surface area (Å²) in [4.78, 5) is 0. The van der Waals surface area contributed by atoms with E-state index in [1.807, 2.05) is 24.3 Å². The number of hydrogen-bond acceptors (Lipinski definition) is 7. The molecule has 0 radical (unpaired) electrons. The van der Waals surface area contributed by atoms with Crippen LogP contribution in [0.5, 0.6) is 11.5 Å². The van der Waals surface area contributed by atoms with E-state index >= 15 is 0 Å². The monoisotopic (exact) mass is 343 g/mol. The normalized spacial score (nSPS) is 16.2. The average Bonchev–Trinajstić information content (AvgIpc) is 2.62. The lowest BCUT2D eigenvalue weighted by molar-refractivity contribution is 0.0274. The molecule has 0 bridgehead atoms. The van der Waals surface area contributed by atoms with Gasteiger partial charge in [-0.3, -0.25) is 0 Å². The van der Waals surface area contributed by atoms with Crippen molar-refractivity contribution in [2.75, 3.05) is 45.4 Å². The van der Waals surface area contributed by atoms with Crippen molar-refractivity contribution in [2.45, 2.75) is 0 Å². The van der Waals surface area contributed by atoms with E-state index in [1.165, 1.54) is 0 Å². The lowest BCUT2D eigenvalue weighted by atomic mass is 10.2. The molecule has 25 heavy (non-hydrogen) atoms. The summed E-state index contributed by atoms with van der Waals surface area (Å²) in [7, 11) is 0. The average molecular weight is 343 g/mol. The highest BCUT2D eigenvalue weighted by molar-refractivity contribution is 5.59. The van der Waals surface area contributed by atoms with Crippen LogP contribution in [0.15, 0.2) is 52.7 Å². The molecule has 0 amide bonds. The number of nitrogen functional groups attached to an aromatic ring is 1. The highest BCUT2D eigenvalue weighted by Gasteiger charge is 2.07. The fourth-order valence-electron chi connectivity index (χ4n) is 2.24. The molecule has 0 aliphatic carbocycles. The van der Waals surface area contributed by atoms with Crippen LogP contribution < -0.4 is 15.2 Å². The van der Waals surface area contributed by atoms with Gasteiger partial charge in [0.05, 0.1) is 26.4 Å². The maximum absolute atomic E-state index is 5.84. The van der Waals surface area contributed by atoms with Crippen molar-refractivity contribution < 1.29 is 18.9 Å². The first kappa shape index (κ1) is 17.2. The lowest BCUT2D eigenvalue weighted by Crippen LogP contribution is -2.13. The Morgan fingerprint density at radius 2 is 1.28 bits per heavy atom. The van der Waals surface area contributed by atoms with Gasteiger partial charge in [-0.05, 0) is 24.3 Å². The van der Waals surface area contributed by atoms with Gasteiger partial charge >= 0.3 is 0 Å². The van der Waals surface area contributed by atoms with Crippen LogP contribution in [0.25, 0.3) is 0 Å². The third kappa shape index (κ3) is 5.17. The van der Waals surface area contributed by atoms with Crippen LogP contribution >= 0.6 is 0 Å². The molecule has 1 aliphatic rings. The van der Waals surface area contributed by atoms with E-state index < -0.39 is 0 Å². The third-order valence-electron chi connectivity index (χ3n) is 3.46. The standard InChI is InChI=1S/C18H21N3O4/c19-14-5-6-16-18(13-14)25-12-10-23-8-7-22-9-11-24-17-4-2-1-3-15(17)20-21-16/h1-6,13H,7-12,19H2. The lowest BCUT2D eigenvalue weighted by Gasteiger charge is -2.12. The zero-order chi connectivity index (χ0) is 17.3. The second-order valence-electron chi connectivity index (χ2n) is 5.32. The van der Waals surface area contributed by atoms with Crippen molar-refractivity contribution in [2.24, 2.45) is 10.2 Å². The number of azo groups is 1. The predicted molar refractivity (Wildman–Crippen MR) is 94.1 cm³/mol. The summed E-state index contributed by atoms with van der Waals surface area (Å²) in [5, 5.41) is 8.59. The molecule has 0 atom stereocenters. The molecule has 3 rings (SSSR count). The highest BCUT2D eigenvalue weighted by atomic mass is 16.6. The van der Waals surface area contributed by atoms with E-state index in [2.05, 4.69) is 10.2 Å². The predicted octanol–water partition coefficient (Wildman–Crippen LogP) is 3.49. The van der Waals surface area contributed by atoms with Gasteiger partial charge in [-0.25, -0.2) is 0 Å². The molecule has 2 aromatic rings. The minimum atomic E-state index is 0.395. The summed E-state index contributed by atoms with van der Waals surface area (Å²) in [6, 6.07) is 12.7. The van der Waals surface area contributed by atoms with E-state index in [9.17, 15) is 0 Å². The molecule has 1 heterocycles. The van der Waals surface area contributed by atoms with Gasteiger partial charge in [-0.1, -0.05) is 12.1 Å². The van der Waals surface area contributed by atoms with E-state index in [0.717, 1.165) is 0 Å². The van der Waals surface area contributed by atoms with Gasteiger partial charge in [0.2, 0.25) is 0 Å². The Morgan fingerprint density at radius 3 is 2.04 bits per heavy atom. The summed E-state index contributed by atoms with van der Waals surface area (Å²) < 4.78 is 22.4. The van der Waals surface area contributed by atoms with Crippen LogP contribution in [0.2, 0.25) is 0 Å². The van der Waals surface area contributed by atoms with Crippen LogP contribution in [-0.4, -0.2) is 39.6 Å². The number of rotatable bonds is 0. The second kappa shape index (κ2) is 9.00. The first-order chi connectivity index (χ1) is 12.3. The quantitative estimate of drug-likeness (QED) is 0.740. The zero-order valence-corrected chi connectivity index (χ0v) is 13.9. The Hall–Kier alpha value is -2.64. The van der Waals surface area contributed by atoms with Crippen LogP contribution in [0, 0.1) is 0 Å². The largest absolute Gasteiger partial charge is 0.489 e. The summed E-state index contributed by atoms with van der Waals surface area (Å²) in [5.41, 5.74) is 7.67. The molecule has 0 fully saturated rings. The Bertz CT molecular complexity index is 721. The first-order valence-electron chi connectivity index (χ1n) is 8.14. The summed E-state index contributed by atoms with van der Waals surface area (Å²) >= 11 is 0. The molecule has 0 saturated heterocycles. The SMILES string of the molecule is Nc1ccc2c(c1)OCCOCCOCCOc1ccccc1N=N2. The number of ether oxygens (including phenoxy) is 4. The molecule has 0 spiro atoms. The number of nitrogens with two attached hydrogens (primary N) is 1. The molecule has 7 nitrogen and oxygen atoms in total. The molecule has 1 aliphatic heterocycles. The van der Waals surface area contributed by atoms with Crippen molar-refractivity contribution in [1.82, 2.24) is 0 Å².